The number of halogens is 2. The molecule has 1 aliphatic heterocycles. The summed E-state index contributed by atoms with van der Waals surface area (Å²) >= 11 is 5.99. The highest BCUT2D eigenvalue weighted by Crippen LogP contribution is 2.28. The number of carbonyl (C=O) groups excluding carboxylic acids is 2. The molecule has 1 aliphatic rings. The number of amides is 2. The summed E-state index contributed by atoms with van der Waals surface area (Å²) in [5.74, 6) is -0.949. The maximum Gasteiger partial charge on any atom is 0.246 e. The fourth-order valence-corrected chi connectivity index (χ4v) is 2.52. The van der Waals surface area contributed by atoms with E-state index in [0.717, 1.165) is 0 Å². The van der Waals surface area contributed by atoms with Gasteiger partial charge in [-0.1, -0.05) is 24.6 Å². The molecule has 0 aromatic heterocycles. The first-order valence-electron chi connectivity index (χ1n) is 6.41. The molecule has 2 amide bonds. The molecule has 1 heterocycles. The molecule has 0 radical (unpaired) electrons. The van der Waals surface area contributed by atoms with Gasteiger partial charge in [-0.2, -0.15) is 0 Å². The van der Waals surface area contributed by atoms with Gasteiger partial charge in [0.05, 0.1) is 13.1 Å². The van der Waals surface area contributed by atoms with E-state index >= 15 is 0 Å². The van der Waals surface area contributed by atoms with Crippen LogP contribution in [-0.4, -0.2) is 28.8 Å². The number of hydrogen-bond acceptors (Lipinski definition) is 2. The van der Waals surface area contributed by atoms with Crippen LogP contribution in [0.1, 0.15) is 25.8 Å². The van der Waals surface area contributed by atoms with Crippen LogP contribution in [0.3, 0.4) is 0 Å². The van der Waals surface area contributed by atoms with Crippen molar-refractivity contribution < 1.29 is 14.0 Å². The van der Waals surface area contributed by atoms with Crippen molar-refractivity contribution in [3.63, 3.8) is 0 Å². The molecular weight excluding hydrogens is 283 g/mol. The number of carbonyl (C=O) groups is 2. The molecular formula is C14H16ClFN2O2. The van der Waals surface area contributed by atoms with Gasteiger partial charge in [-0.3, -0.25) is 9.59 Å². The highest BCUT2D eigenvalue weighted by Gasteiger charge is 2.44. The van der Waals surface area contributed by atoms with E-state index in [1.54, 1.807) is 13.0 Å². The predicted octanol–water partition coefficient (Wildman–Crippen LogP) is 2.11. The summed E-state index contributed by atoms with van der Waals surface area (Å²) in [4.78, 5) is 25.5. The summed E-state index contributed by atoms with van der Waals surface area (Å²) < 4.78 is 13.9. The molecule has 108 valence electrons. The molecule has 0 bridgehead atoms. The zero-order valence-corrected chi connectivity index (χ0v) is 12.1. The van der Waals surface area contributed by atoms with E-state index in [1.807, 2.05) is 6.92 Å². The lowest BCUT2D eigenvalue weighted by Crippen LogP contribution is -2.65. The molecule has 2 rings (SSSR count). The minimum Gasteiger partial charge on any atom is -0.345 e. The molecule has 0 spiro atoms. The third-order valence-corrected chi connectivity index (χ3v) is 4.21. The monoisotopic (exact) mass is 298 g/mol. The van der Waals surface area contributed by atoms with Gasteiger partial charge in [-0.05, 0) is 25.5 Å². The van der Waals surface area contributed by atoms with Crippen LogP contribution < -0.4 is 5.32 Å². The third kappa shape index (κ3) is 2.38. The number of rotatable bonds is 3. The highest BCUT2D eigenvalue weighted by atomic mass is 35.5. The summed E-state index contributed by atoms with van der Waals surface area (Å²) in [5.41, 5.74) is -0.752. The Morgan fingerprint density at radius 1 is 1.45 bits per heavy atom. The van der Waals surface area contributed by atoms with Crippen LogP contribution in [0.4, 0.5) is 4.39 Å². The molecule has 1 saturated heterocycles. The predicted molar refractivity (Wildman–Crippen MR) is 73.7 cm³/mol. The van der Waals surface area contributed by atoms with Crippen molar-refractivity contribution >= 4 is 23.4 Å². The molecule has 0 saturated carbocycles. The van der Waals surface area contributed by atoms with Gasteiger partial charge in [0.2, 0.25) is 11.8 Å². The molecule has 0 aliphatic carbocycles. The lowest BCUT2D eigenvalue weighted by molar-refractivity contribution is -0.153. The Morgan fingerprint density at radius 3 is 2.75 bits per heavy atom. The fourth-order valence-electron chi connectivity index (χ4n) is 2.30. The average Bonchev–Trinajstić information content (AvgIpc) is 2.42. The molecule has 1 aromatic carbocycles. The van der Waals surface area contributed by atoms with Gasteiger partial charge in [0, 0.05) is 10.6 Å². The Morgan fingerprint density at radius 2 is 2.15 bits per heavy atom. The first-order valence-corrected chi connectivity index (χ1v) is 6.79. The van der Waals surface area contributed by atoms with Crippen molar-refractivity contribution in [2.75, 3.05) is 6.54 Å². The number of benzene rings is 1. The first-order chi connectivity index (χ1) is 9.40. The second-order valence-electron chi connectivity index (χ2n) is 4.99. The van der Waals surface area contributed by atoms with Gasteiger partial charge in [-0.25, -0.2) is 4.39 Å². The third-order valence-electron chi connectivity index (χ3n) is 3.85. The maximum absolute atomic E-state index is 13.9. The van der Waals surface area contributed by atoms with Gasteiger partial charge in [-0.15, -0.1) is 0 Å². The molecule has 4 nitrogen and oxygen atoms in total. The van der Waals surface area contributed by atoms with Gasteiger partial charge in [0.1, 0.15) is 11.4 Å². The molecule has 6 heteroatoms. The zero-order valence-electron chi connectivity index (χ0n) is 11.4. The quantitative estimate of drug-likeness (QED) is 0.929. The van der Waals surface area contributed by atoms with Crippen LogP contribution in [0.25, 0.3) is 0 Å². The van der Waals surface area contributed by atoms with E-state index in [0.29, 0.717) is 6.42 Å². The standard InChI is InChI=1S/C14H16ClFN2O2/c1-3-14(2)13(20)17-7-12(19)18(14)8-9-10(15)5-4-6-11(9)16/h4-6H,3,7-8H2,1-2H3,(H,17,20). The summed E-state index contributed by atoms with van der Waals surface area (Å²) in [6.45, 7) is 3.41. The summed E-state index contributed by atoms with van der Waals surface area (Å²) in [5, 5.41) is 2.81. The zero-order chi connectivity index (χ0) is 14.9. The molecule has 1 fully saturated rings. The summed E-state index contributed by atoms with van der Waals surface area (Å²) in [6.07, 6.45) is 0.441. The summed E-state index contributed by atoms with van der Waals surface area (Å²) in [6, 6.07) is 4.36. The second kappa shape index (κ2) is 5.40. The van der Waals surface area contributed by atoms with Crippen LogP contribution in [0.15, 0.2) is 18.2 Å². The van der Waals surface area contributed by atoms with Crippen molar-refractivity contribution in [1.29, 1.82) is 0 Å². The smallest absolute Gasteiger partial charge is 0.246 e. The van der Waals surface area contributed by atoms with Gasteiger partial charge in [0.25, 0.3) is 0 Å². The second-order valence-corrected chi connectivity index (χ2v) is 5.40. The Bertz CT molecular complexity index is 544. The van der Waals surface area contributed by atoms with Crippen molar-refractivity contribution in [3.8, 4) is 0 Å². The van der Waals surface area contributed by atoms with Crippen LogP contribution in [0, 0.1) is 5.82 Å². The highest BCUT2D eigenvalue weighted by molar-refractivity contribution is 6.31. The Labute approximate surface area is 121 Å². The normalized spacial score (nSPS) is 22.9. The Kier molecular flexibility index (Phi) is 3.99. The summed E-state index contributed by atoms with van der Waals surface area (Å²) in [7, 11) is 0. The molecule has 1 aromatic rings. The van der Waals surface area contributed by atoms with E-state index in [2.05, 4.69) is 5.32 Å². The largest absolute Gasteiger partial charge is 0.345 e. The molecule has 1 N–H and O–H groups in total. The number of piperazine rings is 1. The van der Waals surface area contributed by atoms with Crippen molar-refractivity contribution in [2.45, 2.75) is 32.4 Å². The van der Waals surface area contributed by atoms with Gasteiger partial charge < -0.3 is 10.2 Å². The maximum atomic E-state index is 13.9. The molecule has 1 unspecified atom stereocenters. The van der Waals surface area contributed by atoms with Gasteiger partial charge >= 0.3 is 0 Å². The van der Waals surface area contributed by atoms with Crippen LogP contribution in [-0.2, 0) is 16.1 Å². The lowest BCUT2D eigenvalue weighted by Gasteiger charge is -2.43. The van der Waals surface area contributed by atoms with Crippen molar-refractivity contribution in [2.24, 2.45) is 0 Å². The number of hydrogen-bond donors (Lipinski definition) is 1. The van der Waals surface area contributed by atoms with E-state index in [9.17, 15) is 14.0 Å². The van der Waals surface area contributed by atoms with Crippen LogP contribution in [0.2, 0.25) is 5.02 Å². The molecule has 1 atom stereocenters. The SMILES string of the molecule is CCC1(C)C(=O)NCC(=O)N1Cc1c(F)cccc1Cl. The topological polar surface area (TPSA) is 49.4 Å². The average molecular weight is 299 g/mol. The number of nitrogens with zero attached hydrogens (tertiary/aromatic N) is 1. The van der Waals surface area contributed by atoms with E-state index in [4.69, 9.17) is 11.6 Å². The van der Waals surface area contributed by atoms with E-state index < -0.39 is 11.4 Å². The van der Waals surface area contributed by atoms with Crippen LogP contribution >= 0.6 is 11.6 Å². The molecule has 20 heavy (non-hydrogen) atoms. The van der Waals surface area contributed by atoms with Crippen LogP contribution in [0.5, 0.6) is 0 Å². The van der Waals surface area contributed by atoms with Crippen molar-refractivity contribution in [1.82, 2.24) is 10.2 Å². The van der Waals surface area contributed by atoms with Crippen molar-refractivity contribution in [3.05, 3.63) is 34.6 Å². The minimum absolute atomic E-state index is 0.0118. The Hall–Kier alpha value is -1.62. The van der Waals surface area contributed by atoms with Gasteiger partial charge in [0.15, 0.2) is 0 Å². The Balaban J connectivity index is 2.39. The van der Waals surface area contributed by atoms with E-state index in [1.165, 1.54) is 17.0 Å². The minimum atomic E-state index is -0.985. The fraction of sp³-hybridized carbons (Fsp3) is 0.429. The lowest BCUT2D eigenvalue weighted by atomic mass is 9.92. The number of nitrogens with one attached hydrogen (secondary N) is 1. The van der Waals surface area contributed by atoms with E-state index in [-0.39, 0.29) is 35.5 Å². The first kappa shape index (κ1) is 14.8.